The molecule has 3 aromatic rings. The zero-order valence-corrected chi connectivity index (χ0v) is 27.0. The normalized spacial score (nSPS) is 14.0. The molecule has 3 aromatic carbocycles. The van der Waals surface area contributed by atoms with Crippen LogP contribution in [0.3, 0.4) is 0 Å². The molecule has 9 heteroatoms. The summed E-state index contributed by atoms with van der Waals surface area (Å²) in [6, 6.07) is 19.3. The Balaban J connectivity index is 1.42. The summed E-state index contributed by atoms with van der Waals surface area (Å²) >= 11 is 0. The molecule has 1 fully saturated rings. The Morgan fingerprint density at radius 2 is 1.49 bits per heavy atom. The van der Waals surface area contributed by atoms with Crippen molar-refractivity contribution in [3.05, 3.63) is 77.9 Å². The van der Waals surface area contributed by atoms with Crippen molar-refractivity contribution in [1.29, 1.82) is 0 Å². The molecule has 0 radical (unpaired) electrons. The summed E-state index contributed by atoms with van der Waals surface area (Å²) in [7, 11) is 0. The monoisotopic (exact) mass is 616 g/mol. The first kappa shape index (κ1) is 33.4. The number of nitrogens with one attached hydrogen (secondary N) is 1. The fraction of sp³-hybridized carbons (Fsp3) is 0.417. The van der Waals surface area contributed by atoms with Gasteiger partial charge >= 0.3 is 12.1 Å². The third-order valence-corrected chi connectivity index (χ3v) is 7.27. The highest BCUT2D eigenvalue weighted by atomic mass is 16.6. The summed E-state index contributed by atoms with van der Waals surface area (Å²) in [6.45, 7) is 12.6. The lowest BCUT2D eigenvalue weighted by Gasteiger charge is -2.33. The van der Waals surface area contributed by atoms with E-state index in [1.165, 1.54) is 12.1 Å². The van der Waals surface area contributed by atoms with Crippen molar-refractivity contribution >= 4 is 23.7 Å². The number of hydrogen-bond acceptors (Lipinski definition) is 7. The van der Waals surface area contributed by atoms with Gasteiger partial charge in [0, 0.05) is 13.1 Å². The number of rotatable bonds is 8. The summed E-state index contributed by atoms with van der Waals surface area (Å²) in [5, 5.41) is 13.4. The van der Waals surface area contributed by atoms with Crippen molar-refractivity contribution in [3.8, 4) is 22.6 Å². The number of esters is 1. The number of phenolic OH excluding ortho intramolecular Hbond substituents is 1. The van der Waals surface area contributed by atoms with E-state index < -0.39 is 23.1 Å². The number of phenols is 1. The predicted octanol–water partition coefficient (Wildman–Crippen LogP) is 7.68. The number of nitrogens with zero attached hydrogens (tertiary/aromatic N) is 1. The van der Waals surface area contributed by atoms with Crippen LogP contribution < -0.4 is 10.1 Å². The highest BCUT2D eigenvalue weighted by Crippen LogP contribution is 2.30. The molecule has 2 amide bonds. The maximum atomic E-state index is 13.5. The first-order valence-corrected chi connectivity index (χ1v) is 15.4. The molecule has 1 aliphatic heterocycles. The largest absolute Gasteiger partial charge is 0.507 e. The molecule has 0 atom stereocenters. The summed E-state index contributed by atoms with van der Waals surface area (Å²) in [4.78, 5) is 40.6. The second-order valence-corrected chi connectivity index (χ2v) is 13.3. The maximum Gasteiger partial charge on any atom is 0.410 e. The van der Waals surface area contributed by atoms with Gasteiger partial charge < -0.3 is 29.5 Å². The van der Waals surface area contributed by atoms with Crippen LogP contribution in [0.4, 0.5) is 10.5 Å². The van der Waals surface area contributed by atoms with E-state index in [-0.39, 0.29) is 28.7 Å². The average molecular weight is 617 g/mol. The van der Waals surface area contributed by atoms with Gasteiger partial charge in [0.15, 0.2) is 0 Å². The van der Waals surface area contributed by atoms with Crippen molar-refractivity contribution in [2.45, 2.75) is 72.0 Å². The number of aromatic hydroxyl groups is 1. The number of anilines is 1. The Labute approximate surface area is 265 Å². The zero-order valence-electron chi connectivity index (χ0n) is 27.0. The number of amides is 2. The molecule has 1 heterocycles. The molecular formula is C36H44N2O7. The molecule has 9 nitrogen and oxygen atoms in total. The van der Waals surface area contributed by atoms with Gasteiger partial charge in [-0.1, -0.05) is 36.4 Å². The number of piperidine rings is 1. The van der Waals surface area contributed by atoms with Gasteiger partial charge in [-0.15, -0.1) is 0 Å². The van der Waals surface area contributed by atoms with Crippen LogP contribution in [0.2, 0.25) is 0 Å². The molecule has 0 bridgehead atoms. The lowest BCUT2D eigenvalue weighted by atomic mass is 9.94. The summed E-state index contributed by atoms with van der Waals surface area (Å²) in [6.07, 6.45) is 2.22. The van der Waals surface area contributed by atoms with Gasteiger partial charge in [-0.05, 0) is 108 Å². The quantitative estimate of drug-likeness (QED) is 0.250. The van der Waals surface area contributed by atoms with E-state index in [4.69, 9.17) is 14.2 Å². The number of benzene rings is 3. The summed E-state index contributed by atoms with van der Waals surface area (Å²) in [5.41, 5.74) is 0.943. The Morgan fingerprint density at radius 1 is 0.822 bits per heavy atom. The van der Waals surface area contributed by atoms with E-state index in [2.05, 4.69) is 5.32 Å². The lowest BCUT2D eigenvalue weighted by Crippen LogP contribution is -2.41. The molecule has 0 saturated carbocycles. The Morgan fingerprint density at radius 3 is 2.13 bits per heavy atom. The van der Waals surface area contributed by atoms with E-state index in [0.717, 1.165) is 30.4 Å². The van der Waals surface area contributed by atoms with Crippen LogP contribution in [0.1, 0.15) is 81.5 Å². The van der Waals surface area contributed by atoms with Gasteiger partial charge in [0.05, 0.1) is 23.4 Å². The minimum atomic E-state index is -0.727. The van der Waals surface area contributed by atoms with Crippen LogP contribution in [-0.4, -0.2) is 58.9 Å². The molecule has 0 aliphatic carbocycles. The maximum absolute atomic E-state index is 13.5. The van der Waals surface area contributed by atoms with Gasteiger partial charge in [-0.3, -0.25) is 4.79 Å². The molecule has 1 aliphatic rings. The van der Waals surface area contributed by atoms with E-state index in [9.17, 15) is 19.5 Å². The van der Waals surface area contributed by atoms with Crippen molar-refractivity contribution in [2.75, 3.05) is 25.0 Å². The van der Waals surface area contributed by atoms with E-state index in [0.29, 0.717) is 31.4 Å². The van der Waals surface area contributed by atoms with Crippen LogP contribution in [0, 0.1) is 5.92 Å². The number of likely N-dealkylation sites (tertiary alicyclic amines) is 1. The summed E-state index contributed by atoms with van der Waals surface area (Å²) in [5.74, 6) is -0.549. The fourth-order valence-corrected chi connectivity index (χ4v) is 5.02. The molecule has 0 spiro atoms. The van der Waals surface area contributed by atoms with E-state index in [1.807, 2.05) is 51.1 Å². The standard InChI is InChI=1S/C36H44N2O7/c1-35(2,3)44-33(41)28-14-12-26(25-10-8-7-9-11-25)22-30(28)37-32(40)29-23-27(13-15-31(29)39)43-21-18-24-16-19-38(20-17-24)34(42)45-36(4,5)6/h7-15,22-24,39H,16-21H2,1-6H3,(H,37,40). The second kappa shape index (κ2) is 14.1. The van der Waals surface area contributed by atoms with Crippen molar-refractivity contribution in [3.63, 3.8) is 0 Å². The zero-order chi connectivity index (χ0) is 32.8. The van der Waals surface area contributed by atoms with Gasteiger partial charge in [0.1, 0.15) is 22.7 Å². The number of carbonyl (C=O) groups excluding carboxylic acids is 3. The number of ether oxygens (including phenoxy) is 3. The van der Waals surface area contributed by atoms with Crippen molar-refractivity contribution in [1.82, 2.24) is 4.90 Å². The van der Waals surface area contributed by atoms with Crippen LogP contribution in [0.15, 0.2) is 66.7 Å². The lowest BCUT2D eigenvalue weighted by molar-refractivity contribution is 0.00695. The Bertz CT molecular complexity index is 1500. The minimum absolute atomic E-state index is 0.0124. The smallest absolute Gasteiger partial charge is 0.410 e. The molecule has 45 heavy (non-hydrogen) atoms. The van der Waals surface area contributed by atoms with E-state index >= 15 is 0 Å². The highest BCUT2D eigenvalue weighted by molar-refractivity contribution is 6.10. The van der Waals surface area contributed by atoms with Gasteiger partial charge in [-0.25, -0.2) is 9.59 Å². The molecule has 240 valence electrons. The van der Waals surface area contributed by atoms with Gasteiger partial charge in [-0.2, -0.15) is 0 Å². The number of hydrogen-bond donors (Lipinski definition) is 2. The molecule has 2 N–H and O–H groups in total. The first-order valence-electron chi connectivity index (χ1n) is 15.4. The topological polar surface area (TPSA) is 114 Å². The SMILES string of the molecule is CC(C)(C)OC(=O)c1ccc(-c2ccccc2)cc1NC(=O)c1cc(OCCC2CCN(C(=O)OC(C)(C)C)CC2)ccc1O. The van der Waals surface area contributed by atoms with Crippen LogP contribution >= 0.6 is 0 Å². The molecule has 0 unspecified atom stereocenters. The second-order valence-electron chi connectivity index (χ2n) is 13.3. The third kappa shape index (κ3) is 9.73. The first-order chi connectivity index (χ1) is 21.2. The molecule has 0 aromatic heterocycles. The molecular weight excluding hydrogens is 572 g/mol. The van der Waals surface area contributed by atoms with Crippen molar-refractivity contribution in [2.24, 2.45) is 5.92 Å². The van der Waals surface area contributed by atoms with E-state index in [1.54, 1.807) is 49.9 Å². The Kier molecular flexibility index (Phi) is 10.4. The Hall–Kier alpha value is -4.53. The van der Waals surface area contributed by atoms with Crippen LogP contribution in [0.5, 0.6) is 11.5 Å². The van der Waals surface area contributed by atoms with Gasteiger partial charge in [0.25, 0.3) is 5.91 Å². The molecule has 1 saturated heterocycles. The summed E-state index contributed by atoms with van der Waals surface area (Å²) < 4.78 is 17.0. The minimum Gasteiger partial charge on any atom is -0.507 e. The van der Waals surface area contributed by atoms with Crippen molar-refractivity contribution < 1.29 is 33.7 Å². The fourth-order valence-electron chi connectivity index (χ4n) is 5.02. The average Bonchev–Trinajstić information content (AvgIpc) is 2.97. The highest BCUT2D eigenvalue weighted by Gasteiger charge is 2.27. The molecule has 4 rings (SSSR count). The number of carbonyl (C=O) groups is 3. The van der Waals surface area contributed by atoms with Crippen LogP contribution in [-0.2, 0) is 9.47 Å². The third-order valence-electron chi connectivity index (χ3n) is 7.27. The van der Waals surface area contributed by atoms with Gasteiger partial charge in [0.2, 0.25) is 0 Å². The van der Waals surface area contributed by atoms with Crippen LogP contribution in [0.25, 0.3) is 11.1 Å². The predicted molar refractivity (Wildman–Crippen MR) is 174 cm³/mol.